The lowest BCUT2D eigenvalue weighted by Gasteiger charge is -2.24. The summed E-state index contributed by atoms with van der Waals surface area (Å²) in [4.78, 5) is 22.3. The van der Waals surface area contributed by atoms with Crippen molar-refractivity contribution in [3.8, 4) is 0 Å². The van der Waals surface area contributed by atoms with Crippen LogP contribution in [0.15, 0.2) is 16.9 Å². The van der Waals surface area contributed by atoms with E-state index in [-0.39, 0.29) is 12.0 Å². The molecule has 0 aliphatic carbocycles. The van der Waals surface area contributed by atoms with Gasteiger partial charge in [0.1, 0.15) is 17.7 Å². The van der Waals surface area contributed by atoms with Crippen molar-refractivity contribution in [2.24, 2.45) is 0 Å². The Bertz CT molecular complexity index is 676. The first kappa shape index (κ1) is 16.3. The van der Waals surface area contributed by atoms with Crippen LogP contribution in [0.5, 0.6) is 0 Å². The second kappa shape index (κ2) is 6.50. The second-order valence-electron chi connectivity index (χ2n) is 6.74. The molecule has 3 heterocycles. The molecule has 1 atom stereocenters. The van der Waals surface area contributed by atoms with Gasteiger partial charge >= 0.3 is 6.09 Å². The van der Waals surface area contributed by atoms with E-state index >= 15 is 0 Å². The Hall–Kier alpha value is -2.58. The van der Waals surface area contributed by atoms with E-state index in [0.29, 0.717) is 31.5 Å². The number of aromatic amines is 1. The van der Waals surface area contributed by atoms with Gasteiger partial charge in [0, 0.05) is 19.0 Å². The summed E-state index contributed by atoms with van der Waals surface area (Å²) in [6.45, 7) is 7.23. The molecule has 9 nitrogen and oxygen atoms in total. The lowest BCUT2D eigenvalue weighted by Crippen LogP contribution is -2.35. The number of anilines is 1. The summed E-state index contributed by atoms with van der Waals surface area (Å²) in [6.07, 6.45) is 3.65. The van der Waals surface area contributed by atoms with Crippen molar-refractivity contribution < 1.29 is 13.9 Å². The van der Waals surface area contributed by atoms with Crippen molar-refractivity contribution in [2.45, 2.75) is 45.3 Å². The average molecular weight is 334 g/mol. The van der Waals surface area contributed by atoms with Crippen LogP contribution in [-0.4, -0.2) is 49.8 Å². The number of rotatable bonds is 4. The molecule has 1 unspecified atom stereocenters. The smallest absolute Gasteiger partial charge is 0.410 e. The number of hydrogen-bond acceptors (Lipinski definition) is 7. The molecule has 0 bridgehead atoms. The monoisotopic (exact) mass is 334 g/mol. The third-order valence-electron chi connectivity index (χ3n) is 3.61. The van der Waals surface area contributed by atoms with Crippen LogP contribution < -0.4 is 5.32 Å². The zero-order valence-electron chi connectivity index (χ0n) is 14.1. The van der Waals surface area contributed by atoms with Crippen LogP contribution in [0.3, 0.4) is 0 Å². The van der Waals surface area contributed by atoms with Crippen molar-refractivity contribution in [1.82, 2.24) is 25.1 Å². The predicted molar refractivity (Wildman–Crippen MR) is 85.4 cm³/mol. The minimum absolute atomic E-state index is 0.127. The van der Waals surface area contributed by atoms with Gasteiger partial charge in [-0.2, -0.15) is 4.98 Å². The fraction of sp³-hybridized carbons (Fsp3) is 0.600. The molecule has 0 aromatic carbocycles. The van der Waals surface area contributed by atoms with Crippen molar-refractivity contribution in [3.63, 3.8) is 0 Å². The van der Waals surface area contributed by atoms with Crippen LogP contribution in [0.1, 0.15) is 44.8 Å². The van der Waals surface area contributed by atoms with E-state index in [2.05, 4.69) is 25.5 Å². The standard InChI is InChI=1S/C15H22N6O3/c1-15(2,3)24-14(22)21-6-4-10(9-21)12-18-13(20-19-12)17-8-11-16-5-7-23-11/h5,7,10H,4,6,8-9H2,1-3H3,(H2,17,18,19,20). The highest BCUT2D eigenvalue weighted by Gasteiger charge is 2.32. The van der Waals surface area contributed by atoms with Gasteiger partial charge in [-0.1, -0.05) is 0 Å². The minimum atomic E-state index is -0.488. The Kier molecular flexibility index (Phi) is 4.41. The molecule has 1 aliphatic rings. The number of carbonyl (C=O) groups is 1. The highest BCUT2D eigenvalue weighted by molar-refractivity contribution is 5.68. The summed E-state index contributed by atoms with van der Waals surface area (Å²) < 4.78 is 10.5. The number of H-pyrrole nitrogens is 1. The lowest BCUT2D eigenvalue weighted by atomic mass is 10.1. The van der Waals surface area contributed by atoms with Gasteiger partial charge < -0.3 is 19.4 Å². The fourth-order valence-corrected chi connectivity index (χ4v) is 2.51. The summed E-state index contributed by atoms with van der Waals surface area (Å²) in [5.74, 6) is 1.94. The molecule has 0 spiro atoms. The normalized spacial score (nSPS) is 18.0. The van der Waals surface area contributed by atoms with Crippen molar-refractivity contribution in [3.05, 3.63) is 24.2 Å². The van der Waals surface area contributed by atoms with Gasteiger partial charge in [-0.3, -0.25) is 5.10 Å². The maximum Gasteiger partial charge on any atom is 0.410 e. The Morgan fingerprint density at radius 1 is 1.54 bits per heavy atom. The Morgan fingerprint density at radius 2 is 2.38 bits per heavy atom. The molecular formula is C15H22N6O3. The van der Waals surface area contributed by atoms with Crippen LogP contribution in [-0.2, 0) is 11.3 Å². The second-order valence-corrected chi connectivity index (χ2v) is 6.74. The third-order valence-corrected chi connectivity index (χ3v) is 3.61. The van der Waals surface area contributed by atoms with E-state index in [4.69, 9.17) is 9.15 Å². The van der Waals surface area contributed by atoms with Crippen LogP contribution in [0.4, 0.5) is 10.7 Å². The quantitative estimate of drug-likeness (QED) is 0.881. The van der Waals surface area contributed by atoms with Gasteiger partial charge in [0.25, 0.3) is 0 Å². The Labute approximate surface area is 139 Å². The molecule has 0 saturated carbocycles. The highest BCUT2D eigenvalue weighted by atomic mass is 16.6. The van der Waals surface area contributed by atoms with Crippen LogP contribution >= 0.6 is 0 Å². The number of nitrogens with one attached hydrogen (secondary N) is 2. The van der Waals surface area contributed by atoms with E-state index in [9.17, 15) is 4.79 Å². The molecular weight excluding hydrogens is 312 g/mol. The SMILES string of the molecule is CC(C)(C)OC(=O)N1CCC(c2nc(NCc3ncco3)n[nH]2)C1. The number of likely N-dealkylation sites (tertiary alicyclic amines) is 1. The molecule has 1 amide bonds. The van der Waals surface area contributed by atoms with Crippen LogP contribution in [0.25, 0.3) is 0 Å². The minimum Gasteiger partial charge on any atom is -0.447 e. The predicted octanol–water partition coefficient (Wildman–Crippen LogP) is 2.13. The molecule has 2 N–H and O–H groups in total. The first-order valence-electron chi connectivity index (χ1n) is 7.93. The molecule has 3 rings (SSSR count). The Balaban J connectivity index is 1.53. The summed E-state index contributed by atoms with van der Waals surface area (Å²) in [5, 5.41) is 10.1. The largest absolute Gasteiger partial charge is 0.447 e. The molecule has 2 aromatic heterocycles. The third kappa shape index (κ3) is 4.03. The molecule has 2 aromatic rings. The van der Waals surface area contributed by atoms with E-state index < -0.39 is 5.60 Å². The first-order chi connectivity index (χ1) is 11.4. The zero-order valence-corrected chi connectivity index (χ0v) is 14.1. The van der Waals surface area contributed by atoms with Crippen LogP contribution in [0.2, 0.25) is 0 Å². The maximum atomic E-state index is 12.1. The number of nitrogens with zero attached hydrogens (tertiary/aromatic N) is 4. The molecule has 0 radical (unpaired) electrons. The highest BCUT2D eigenvalue weighted by Crippen LogP contribution is 2.26. The van der Waals surface area contributed by atoms with Crippen molar-refractivity contribution >= 4 is 12.0 Å². The summed E-state index contributed by atoms with van der Waals surface area (Å²) in [7, 11) is 0. The average Bonchev–Trinajstić information content (AvgIpc) is 3.24. The van der Waals surface area contributed by atoms with Gasteiger partial charge in [0.2, 0.25) is 11.8 Å². The summed E-state index contributed by atoms with van der Waals surface area (Å²) in [6, 6.07) is 0. The zero-order chi connectivity index (χ0) is 17.2. The van der Waals surface area contributed by atoms with Gasteiger partial charge in [-0.15, -0.1) is 5.10 Å². The molecule has 9 heteroatoms. The van der Waals surface area contributed by atoms with E-state index in [1.54, 1.807) is 11.1 Å². The molecule has 130 valence electrons. The van der Waals surface area contributed by atoms with E-state index in [0.717, 1.165) is 12.2 Å². The number of carbonyl (C=O) groups excluding carboxylic acids is 1. The van der Waals surface area contributed by atoms with Gasteiger partial charge in [0.05, 0.1) is 12.7 Å². The summed E-state index contributed by atoms with van der Waals surface area (Å²) >= 11 is 0. The number of ether oxygens (including phenoxy) is 1. The van der Waals surface area contributed by atoms with E-state index in [1.165, 1.54) is 6.26 Å². The lowest BCUT2D eigenvalue weighted by molar-refractivity contribution is 0.0292. The van der Waals surface area contributed by atoms with Crippen molar-refractivity contribution in [1.29, 1.82) is 0 Å². The maximum absolute atomic E-state index is 12.1. The summed E-state index contributed by atoms with van der Waals surface area (Å²) in [5.41, 5.74) is -0.488. The number of oxazole rings is 1. The van der Waals surface area contributed by atoms with Gasteiger partial charge in [0.15, 0.2) is 0 Å². The first-order valence-corrected chi connectivity index (χ1v) is 7.93. The number of amides is 1. The van der Waals surface area contributed by atoms with Crippen LogP contribution in [0, 0.1) is 0 Å². The number of aromatic nitrogens is 4. The fourth-order valence-electron chi connectivity index (χ4n) is 2.51. The van der Waals surface area contributed by atoms with Gasteiger partial charge in [-0.25, -0.2) is 9.78 Å². The number of hydrogen-bond donors (Lipinski definition) is 2. The molecule has 1 saturated heterocycles. The van der Waals surface area contributed by atoms with E-state index in [1.807, 2.05) is 20.8 Å². The van der Waals surface area contributed by atoms with Gasteiger partial charge in [-0.05, 0) is 27.2 Å². The Morgan fingerprint density at radius 3 is 3.08 bits per heavy atom. The van der Waals surface area contributed by atoms with Crippen molar-refractivity contribution in [2.75, 3.05) is 18.4 Å². The molecule has 1 fully saturated rings. The topological polar surface area (TPSA) is 109 Å². The molecule has 24 heavy (non-hydrogen) atoms. The molecule has 1 aliphatic heterocycles.